The van der Waals surface area contributed by atoms with E-state index in [1.54, 1.807) is 0 Å². The maximum Gasteiger partial charge on any atom is 0.236 e. The molecule has 0 saturated carbocycles. The lowest BCUT2D eigenvalue weighted by Crippen LogP contribution is -2.22. The Labute approximate surface area is 154 Å². The number of ether oxygens (including phenoxy) is 1. The summed E-state index contributed by atoms with van der Waals surface area (Å²) in [5.74, 6) is 0.310. The molecule has 0 aliphatic rings. The number of benzene rings is 3. The third-order valence-corrected chi connectivity index (χ3v) is 4.00. The Balaban J connectivity index is 1.87. The first kappa shape index (κ1) is 17.7. The van der Waals surface area contributed by atoms with E-state index in [4.69, 9.17) is 4.74 Å². The van der Waals surface area contributed by atoms with Crippen LogP contribution in [0.15, 0.2) is 84.9 Å². The number of hydrogen-bond donors (Lipinski definition) is 1. The zero-order chi connectivity index (χ0) is 18.4. The van der Waals surface area contributed by atoms with Crippen LogP contribution in [0, 0.1) is 0 Å². The molecule has 0 unspecified atom stereocenters. The second-order valence-electron chi connectivity index (χ2n) is 6.44. The predicted molar refractivity (Wildman–Crippen MR) is 106 cm³/mol. The smallest absolute Gasteiger partial charge is 0.236 e. The maximum atomic E-state index is 13.1. The van der Waals surface area contributed by atoms with E-state index in [1.807, 2.05) is 98.8 Å². The van der Waals surface area contributed by atoms with Gasteiger partial charge in [-0.15, -0.1) is 0 Å². The molecule has 3 nitrogen and oxygen atoms in total. The minimum Gasteiger partial charge on any atom is -0.491 e. The van der Waals surface area contributed by atoms with Crippen LogP contribution in [0.5, 0.6) is 5.75 Å². The van der Waals surface area contributed by atoms with Crippen molar-refractivity contribution < 1.29 is 9.53 Å². The van der Waals surface area contributed by atoms with Crippen LogP contribution in [0.2, 0.25) is 0 Å². The standard InChI is InChI=1S/C23H23NO2/c1-17(2)26-21-15-9-14-20(16-21)24-23(25)22(18-10-5-3-6-11-18)19-12-7-4-8-13-19/h3-17,22H,1-2H3,(H,24,25). The first-order valence-electron chi connectivity index (χ1n) is 8.81. The molecule has 1 amide bonds. The summed E-state index contributed by atoms with van der Waals surface area (Å²) < 4.78 is 5.71. The van der Waals surface area contributed by atoms with Crippen LogP contribution in [0.25, 0.3) is 0 Å². The molecule has 3 heteroatoms. The highest BCUT2D eigenvalue weighted by Gasteiger charge is 2.22. The van der Waals surface area contributed by atoms with Gasteiger partial charge in [0.1, 0.15) is 5.75 Å². The van der Waals surface area contributed by atoms with Gasteiger partial charge in [-0.25, -0.2) is 0 Å². The average molecular weight is 345 g/mol. The van der Waals surface area contributed by atoms with Crippen LogP contribution in [-0.4, -0.2) is 12.0 Å². The van der Waals surface area contributed by atoms with Crippen molar-refractivity contribution in [1.82, 2.24) is 0 Å². The van der Waals surface area contributed by atoms with Crippen molar-refractivity contribution in [2.45, 2.75) is 25.9 Å². The summed E-state index contributed by atoms with van der Waals surface area (Å²) in [4.78, 5) is 13.1. The largest absolute Gasteiger partial charge is 0.491 e. The van der Waals surface area contributed by atoms with Crippen LogP contribution >= 0.6 is 0 Å². The Morgan fingerprint density at radius 1 is 0.808 bits per heavy atom. The minimum atomic E-state index is -0.368. The molecule has 3 rings (SSSR count). The van der Waals surface area contributed by atoms with Crippen LogP contribution in [-0.2, 0) is 4.79 Å². The summed E-state index contributed by atoms with van der Waals surface area (Å²) in [5.41, 5.74) is 2.65. The lowest BCUT2D eigenvalue weighted by Gasteiger charge is -2.18. The first-order valence-corrected chi connectivity index (χ1v) is 8.81. The van der Waals surface area contributed by atoms with E-state index in [9.17, 15) is 4.79 Å². The molecule has 3 aromatic carbocycles. The van der Waals surface area contributed by atoms with Gasteiger partial charge in [0.25, 0.3) is 0 Å². The summed E-state index contributed by atoms with van der Waals surface area (Å²) in [6.45, 7) is 3.96. The highest BCUT2D eigenvalue weighted by molar-refractivity contribution is 5.98. The fraction of sp³-hybridized carbons (Fsp3) is 0.174. The Hall–Kier alpha value is -3.07. The molecule has 0 aliphatic carbocycles. The maximum absolute atomic E-state index is 13.1. The third-order valence-electron chi connectivity index (χ3n) is 4.00. The van der Waals surface area contributed by atoms with E-state index in [1.165, 1.54) is 0 Å². The zero-order valence-corrected chi connectivity index (χ0v) is 15.1. The van der Waals surface area contributed by atoms with Gasteiger partial charge in [-0.05, 0) is 37.1 Å². The van der Waals surface area contributed by atoms with Gasteiger partial charge in [0.15, 0.2) is 0 Å². The van der Waals surface area contributed by atoms with Crippen molar-refractivity contribution >= 4 is 11.6 Å². The highest BCUT2D eigenvalue weighted by atomic mass is 16.5. The molecule has 0 aromatic heterocycles. The molecule has 3 aromatic rings. The summed E-state index contributed by atoms with van der Waals surface area (Å²) in [5, 5.41) is 3.03. The topological polar surface area (TPSA) is 38.3 Å². The van der Waals surface area contributed by atoms with E-state index < -0.39 is 0 Å². The number of carbonyl (C=O) groups is 1. The Morgan fingerprint density at radius 2 is 1.38 bits per heavy atom. The zero-order valence-electron chi connectivity index (χ0n) is 15.1. The van der Waals surface area contributed by atoms with Gasteiger partial charge in [0.2, 0.25) is 5.91 Å². The predicted octanol–water partition coefficient (Wildman–Crippen LogP) is 5.24. The minimum absolute atomic E-state index is 0.0657. The van der Waals surface area contributed by atoms with Crippen LogP contribution in [0.1, 0.15) is 30.9 Å². The molecule has 0 heterocycles. The van der Waals surface area contributed by atoms with Gasteiger partial charge in [0, 0.05) is 11.8 Å². The van der Waals surface area contributed by atoms with E-state index >= 15 is 0 Å². The molecule has 0 saturated heterocycles. The number of amides is 1. The van der Waals surface area contributed by atoms with Gasteiger partial charge in [0.05, 0.1) is 12.0 Å². The lowest BCUT2D eigenvalue weighted by atomic mass is 9.90. The monoisotopic (exact) mass is 345 g/mol. The second-order valence-corrected chi connectivity index (χ2v) is 6.44. The Bertz CT molecular complexity index is 805. The molecule has 0 spiro atoms. The number of anilines is 1. The molecule has 0 radical (unpaired) electrons. The van der Waals surface area contributed by atoms with E-state index in [0.29, 0.717) is 0 Å². The van der Waals surface area contributed by atoms with E-state index in [-0.39, 0.29) is 17.9 Å². The SMILES string of the molecule is CC(C)Oc1cccc(NC(=O)C(c2ccccc2)c2ccccc2)c1. The number of carbonyl (C=O) groups excluding carboxylic acids is 1. The lowest BCUT2D eigenvalue weighted by molar-refractivity contribution is -0.116. The van der Waals surface area contributed by atoms with Gasteiger partial charge in [-0.3, -0.25) is 4.79 Å². The van der Waals surface area contributed by atoms with Crippen LogP contribution in [0.3, 0.4) is 0 Å². The first-order chi connectivity index (χ1) is 12.6. The summed E-state index contributed by atoms with van der Waals surface area (Å²) in [6, 6.07) is 27.1. The highest BCUT2D eigenvalue weighted by Crippen LogP contribution is 2.27. The summed E-state index contributed by atoms with van der Waals surface area (Å²) in [7, 11) is 0. The van der Waals surface area contributed by atoms with Crippen molar-refractivity contribution in [3.63, 3.8) is 0 Å². The second kappa shape index (κ2) is 8.34. The number of nitrogens with one attached hydrogen (secondary N) is 1. The fourth-order valence-electron chi connectivity index (χ4n) is 2.92. The van der Waals surface area contributed by atoms with Crippen molar-refractivity contribution in [2.75, 3.05) is 5.32 Å². The van der Waals surface area contributed by atoms with Crippen LogP contribution in [0.4, 0.5) is 5.69 Å². The van der Waals surface area contributed by atoms with Crippen molar-refractivity contribution in [3.05, 3.63) is 96.1 Å². The average Bonchev–Trinajstić information content (AvgIpc) is 2.63. The Morgan fingerprint density at radius 3 is 1.92 bits per heavy atom. The molecule has 0 aliphatic heterocycles. The quantitative estimate of drug-likeness (QED) is 0.663. The number of rotatable bonds is 6. The summed E-state index contributed by atoms with van der Waals surface area (Å²) >= 11 is 0. The fourth-order valence-corrected chi connectivity index (χ4v) is 2.92. The molecule has 0 bridgehead atoms. The molecule has 26 heavy (non-hydrogen) atoms. The molecule has 0 fully saturated rings. The van der Waals surface area contributed by atoms with Crippen molar-refractivity contribution in [3.8, 4) is 5.75 Å². The molecule has 1 N–H and O–H groups in total. The summed E-state index contributed by atoms with van der Waals surface area (Å²) in [6.07, 6.45) is 0.0855. The molecule has 132 valence electrons. The molecular weight excluding hydrogens is 322 g/mol. The molecule has 0 atom stereocenters. The normalized spacial score (nSPS) is 10.8. The van der Waals surface area contributed by atoms with Gasteiger partial charge < -0.3 is 10.1 Å². The van der Waals surface area contributed by atoms with E-state index in [0.717, 1.165) is 22.6 Å². The van der Waals surface area contributed by atoms with E-state index in [2.05, 4.69) is 5.32 Å². The van der Waals surface area contributed by atoms with Crippen molar-refractivity contribution in [2.24, 2.45) is 0 Å². The molecular formula is C23H23NO2. The third kappa shape index (κ3) is 4.51. The van der Waals surface area contributed by atoms with Gasteiger partial charge in [-0.2, -0.15) is 0 Å². The van der Waals surface area contributed by atoms with Gasteiger partial charge >= 0.3 is 0 Å². The van der Waals surface area contributed by atoms with Crippen molar-refractivity contribution in [1.29, 1.82) is 0 Å². The Kier molecular flexibility index (Phi) is 5.69. The number of hydrogen-bond acceptors (Lipinski definition) is 2. The van der Waals surface area contributed by atoms with Gasteiger partial charge in [-0.1, -0.05) is 66.7 Å². The van der Waals surface area contributed by atoms with Crippen LogP contribution < -0.4 is 10.1 Å².